The summed E-state index contributed by atoms with van der Waals surface area (Å²) in [7, 11) is 0. The highest BCUT2D eigenvalue weighted by atomic mass is 15.3. The third-order valence-corrected chi connectivity index (χ3v) is 4.91. The molecule has 7 heteroatoms. The summed E-state index contributed by atoms with van der Waals surface area (Å²) in [6, 6.07) is 16.3. The molecule has 5 rings (SSSR count). The van der Waals surface area contributed by atoms with Crippen LogP contribution in [0, 0.1) is 0 Å². The molecular weight excluding hydrogens is 338 g/mol. The Bertz CT molecular complexity index is 1040. The van der Waals surface area contributed by atoms with Gasteiger partial charge in [0.15, 0.2) is 11.5 Å². The van der Waals surface area contributed by atoms with Crippen LogP contribution in [0.1, 0.15) is 0 Å². The largest absolute Gasteiger partial charge is 0.368 e. The Kier molecular flexibility index (Phi) is 3.90. The lowest BCUT2D eigenvalue weighted by atomic mass is 10.2. The number of para-hydroxylation sites is 1. The smallest absolute Gasteiger partial charge is 0.170 e. The van der Waals surface area contributed by atoms with Gasteiger partial charge in [0.05, 0.1) is 11.6 Å². The quantitative estimate of drug-likeness (QED) is 0.561. The van der Waals surface area contributed by atoms with Crippen molar-refractivity contribution in [1.29, 1.82) is 0 Å². The Balaban J connectivity index is 1.42. The molecule has 1 saturated heterocycles. The van der Waals surface area contributed by atoms with Gasteiger partial charge in [-0.3, -0.25) is 0 Å². The highest BCUT2D eigenvalue weighted by Gasteiger charge is 2.21. The minimum absolute atomic E-state index is 0.756. The Labute approximate surface area is 156 Å². The molecule has 7 nitrogen and oxygen atoms in total. The van der Waals surface area contributed by atoms with Crippen LogP contribution in [0.2, 0.25) is 0 Å². The van der Waals surface area contributed by atoms with Crippen molar-refractivity contribution in [1.82, 2.24) is 24.7 Å². The van der Waals surface area contributed by atoms with Crippen LogP contribution in [0.3, 0.4) is 0 Å². The van der Waals surface area contributed by atoms with Crippen LogP contribution >= 0.6 is 0 Å². The van der Waals surface area contributed by atoms with Gasteiger partial charge in [-0.15, -0.1) is 0 Å². The molecule has 3 aromatic heterocycles. The molecule has 0 spiro atoms. The molecule has 0 radical (unpaired) electrons. The van der Waals surface area contributed by atoms with Crippen molar-refractivity contribution in [2.24, 2.45) is 0 Å². The molecule has 1 fully saturated rings. The molecule has 1 aromatic carbocycles. The monoisotopic (exact) mass is 357 g/mol. The lowest BCUT2D eigenvalue weighted by molar-refractivity contribution is 0.649. The highest BCUT2D eigenvalue weighted by Crippen LogP contribution is 2.26. The molecular formula is C20H19N7. The SMILES string of the molecule is c1ccc(N2CCN(c3ncnc4c3cnn4-c3ccccn3)CC2)cc1. The highest BCUT2D eigenvalue weighted by molar-refractivity contribution is 5.87. The minimum Gasteiger partial charge on any atom is -0.368 e. The first-order valence-corrected chi connectivity index (χ1v) is 9.05. The molecule has 27 heavy (non-hydrogen) atoms. The Morgan fingerprint density at radius 2 is 1.52 bits per heavy atom. The first-order valence-electron chi connectivity index (χ1n) is 9.05. The first kappa shape index (κ1) is 15.7. The normalized spacial score (nSPS) is 14.7. The molecule has 1 aliphatic rings. The van der Waals surface area contributed by atoms with Crippen LogP contribution < -0.4 is 9.80 Å². The second-order valence-corrected chi connectivity index (χ2v) is 6.49. The maximum atomic E-state index is 4.56. The Morgan fingerprint density at radius 3 is 2.30 bits per heavy atom. The molecule has 1 aliphatic heterocycles. The van der Waals surface area contributed by atoms with E-state index in [4.69, 9.17) is 0 Å². The van der Waals surface area contributed by atoms with Crippen LogP contribution in [-0.2, 0) is 0 Å². The summed E-state index contributed by atoms with van der Waals surface area (Å²) in [5.41, 5.74) is 2.05. The van der Waals surface area contributed by atoms with Gasteiger partial charge in [0.25, 0.3) is 0 Å². The number of hydrogen-bond acceptors (Lipinski definition) is 6. The predicted octanol–water partition coefficient (Wildman–Crippen LogP) is 2.54. The number of nitrogens with zero attached hydrogens (tertiary/aromatic N) is 7. The van der Waals surface area contributed by atoms with Crippen LogP contribution in [0.15, 0.2) is 67.3 Å². The molecule has 134 valence electrons. The average molecular weight is 357 g/mol. The van der Waals surface area contributed by atoms with E-state index in [1.54, 1.807) is 17.2 Å². The van der Waals surface area contributed by atoms with Gasteiger partial charge in [0.1, 0.15) is 12.1 Å². The molecule has 0 aliphatic carbocycles. The van der Waals surface area contributed by atoms with Crippen molar-refractivity contribution in [2.45, 2.75) is 0 Å². The maximum Gasteiger partial charge on any atom is 0.170 e. The van der Waals surface area contributed by atoms with E-state index < -0.39 is 0 Å². The third kappa shape index (κ3) is 2.87. The maximum absolute atomic E-state index is 4.56. The molecule has 0 amide bonds. The fourth-order valence-electron chi connectivity index (χ4n) is 3.55. The van der Waals surface area contributed by atoms with Crippen LogP contribution in [-0.4, -0.2) is 50.9 Å². The molecule has 0 atom stereocenters. The van der Waals surface area contributed by atoms with E-state index in [1.807, 2.05) is 24.4 Å². The zero-order chi connectivity index (χ0) is 18.1. The number of pyridine rings is 1. The van der Waals surface area contributed by atoms with Crippen LogP contribution in [0.25, 0.3) is 16.9 Å². The third-order valence-electron chi connectivity index (χ3n) is 4.91. The Morgan fingerprint density at radius 1 is 0.741 bits per heavy atom. The lowest BCUT2D eigenvalue weighted by Gasteiger charge is -2.36. The minimum atomic E-state index is 0.756. The van der Waals surface area contributed by atoms with Gasteiger partial charge < -0.3 is 9.80 Å². The van der Waals surface area contributed by atoms with E-state index in [0.717, 1.165) is 48.8 Å². The van der Waals surface area contributed by atoms with E-state index in [1.165, 1.54) is 5.69 Å². The zero-order valence-electron chi connectivity index (χ0n) is 14.8. The standard InChI is InChI=1S/C20H19N7/c1-2-6-16(7-3-1)25-10-12-26(13-11-25)19-17-14-24-27(20(17)23-15-22-19)18-8-4-5-9-21-18/h1-9,14-15H,10-13H2. The van der Waals surface area contributed by atoms with E-state index in [9.17, 15) is 0 Å². The fraction of sp³-hybridized carbons (Fsp3) is 0.200. The summed E-state index contributed by atoms with van der Waals surface area (Å²) < 4.78 is 1.76. The Hall–Kier alpha value is -3.48. The van der Waals surface area contributed by atoms with Crippen LogP contribution in [0.5, 0.6) is 0 Å². The van der Waals surface area contributed by atoms with E-state index in [2.05, 4.69) is 60.2 Å². The number of aromatic nitrogens is 5. The summed E-state index contributed by atoms with van der Waals surface area (Å²) in [6.45, 7) is 3.75. The van der Waals surface area contributed by atoms with Crippen molar-refractivity contribution >= 4 is 22.5 Å². The van der Waals surface area contributed by atoms with Gasteiger partial charge in [0.2, 0.25) is 0 Å². The molecule has 4 heterocycles. The van der Waals surface area contributed by atoms with Crippen molar-refractivity contribution in [3.63, 3.8) is 0 Å². The van der Waals surface area contributed by atoms with E-state index in [-0.39, 0.29) is 0 Å². The summed E-state index contributed by atoms with van der Waals surface area (Å²) in [6.07, 6.45) is 5.21. The number of anilines is 2. The lowest BCUT2D eigenvalue weighted by Crippen LogP contribution is -2.46. The van der Waals surface area contributed by atoms with E-state index >= 15 is 0 Å². The van der Waals surface area contributed by atoms with Gasteiger partial charge in [0, 0.05) is 38.1 Å². The fourth-order valence-corrected chi connectivity index (χ4v) is 3.55. The van der Waals surface area contributed by atoms with Gasteiger partial charge in [-0.05, 0) is 24.3 Å². The number of hydrogen-bond donors (Lipinski definition) is 0. The summed E-state index contributed by atoms with van der Waals surface area (Å²) in [5, 5.41) is 5.45. The van der Waals surface area contributed by atoms with Gasteiger partial charge in [-0.2, -0.15) is 9.78 Å². The van der Waals surface area contributed by atoms with Gasteiger partial charge in [-0.1, -0.05) is 24.3 Å². The number of piperazine rings is 1. The van der Waals surface area contributed by atoms with Gasteiger partial charge >= 0.3 is 0 Å². The molecule has 0 N–H and O–H groups in total. The topological polar surface area (TPSA) is 63.0 Å². The summed E-state index contributed by atoms with van der Waals surface area (Å²) in [5.74, 6) is 1.70. The molecule has 4 aromatic rings. The predicted molar refractivity (Wildman–Crippen MR) is 105 cm³/mol. The molecule has 0 saturated carbocycles. The van der Waals surface area contributed by atoms with E-state index in [0.29, 0.717) is 0 Å². The first-order chi connectivity index (χ1) is 13.4. The van der Waals surface area contributed by atoms with Crippen molar-refractivity contribution in [3.8, 4) is 5.82 Å². The average Bonchev–Trinajstić information content (AvgIpc) is 3.19. The molecule has 0 bridgehead atoms. The van der Waals surface area contributed by atoms with Crippen LogP contribution in [0.4, 0.5) is 11.5 Å². The zero-order valence-corrected chi connectivity index (χ0v) is 14.8. The van der Waals surface area contributed by atoms with Gasteiger partial charge in [-0.25, -0.2) is 15.0 Å². The number of benzene rings is 1. The van der Waals surface area contributed by atoms with Crippen molar-refractivity contribution in [2.75, 3.05) is 36.0 Å². The second-order valence-electron chi connectivity index (χ2n) is 6.49. The van der Waals surface area contributed by atoms with Crippen molar-refractivity contribution in [3.05, 3.63) is 67.3 Å². The molecule has 0 unspecified atom stereocenters. The number of rotatable bonds is 3. The second kappa shape index (κ2) is 6.68. The summed E-state index contributed by atoms with van der Waals surface area (Å²) >= 11 is 0. The summed E-state index contributed by atoms with van der Waals surface area (Å²) in [4.78, 5) is 18.1. The van der Waals surface area contributed by atoms with Crippen molar-refractivity contribution < 1.29 is 0 Å². The number of fused-ring (bicyclic) bond motifs is 1.